The monoisotopic (exact) mass is 379 g/mol. The standard InChI is InChI=1S/C16H11Cl2N3O2S/c1-2-6-24-16-20-14-12(15(23)21-16)9(7-11(22)19-14)8-4-3-5-10(17)13(8)18/h1,3-5,9H,6-7H2,(H2,19,20,21,22,23). The second kappa shape index (κ2) is 6.89. The molecule has 0 bridgehead atoms. The first-order valence-electron chi connectivity index (χ1n) is 6.95. The second-order valence-electron chi connectivity index (χ2n) is 5.07. The largest absolute Gasteiger partial charge is 0.310 e. The summed E-state index contributed by atoms with van der Waals surface area (Å²) in [6.45, 7) is 0. The number of benzene rings is 1. The van der Waals surface area contributed by atoms with Crippen LogP contribution in [0.3, 0.4) is 0 Å². The highest BCUT2D eigenvalue weighted by molar-refractivity contribution is 7.99. The van der Waals surface area contributed by atoms with E-state index in [4.69, 9.17) is 29.6 Å². The lowest BCUT2D eigenvalue weighted by atomic mass is 9.87. The average Bonchev–Trinajstić information content (AvgIpc) is 2.54. The van der Waals surface area contributed by atoms with Gasteiger partial charge >= 0.3 is 0 Å². The van der Waals surface area contributed by atoms with Crippen molar-refractivity contribution in [3.05, 3.63) is 49.7 Å². The molecule has 1 atom stereocenters. The number of anilines is 1. The van der Waals surface area contributed by atoms with Crippen molar-refractivity contribution < 1.29 is 4.79 Å². The van der Waals surface area contributed by atoms with Gasteiger partial charge in [-0.2, -0.15) is 0 Å². The lowest BCUT2D eigenvalue weighted by molar-refractivity contribution is -0.116. The number of amides is 1. The number of carbonyl (C=O) groups is 1. The van der Waals surface area contributed by atoms with Gasteiger partial charge in [-0.3, -0.25) is 9.59 Å². The highest BCUT2D eigenvalue weighted by atomic mass is 35.5. The number of hydrogen-bond acceptors (Lipinski definition) is 4. The quantitative estimate of drug-likeness (QED) is 0.487. The Bertz CT molecular complexity index is 921. The zero-order valence-corrected chi connectivity index (χ0v) is 14.6. The molecule has 1 aliphatic rings. The van der Waals surface area contributed by atoms with Crippen LogP contribution in [0.1, 0.15) is 23.5 Å². The number of nitrogens with zero attached hydrogens (tertiary/aromatic N) is 1. The molecule has 8 heteroatoms. The summed E-state index contributed by atoms with van der Waals surface area (Å²) in [5.74, 6) is 2.29. The normalized spacial score (nSPS) is 16.2. The summed E-state index contributed by atoms with van der Waals surface area (Å²) in [6, 6.07) is 5.13. The number of hydrogen-bond donors (Lipinski definition) is 2. The molecule has 3 rings (SSSR count). The van der Waals surface area contributed by atoms with Crippen molar-refractivity contribution in [2.24, 2.45) is 0 Å². The van der Waals surface area contributed by atoms with Crippen LogP contribution in [0, 0.1) is 12.3 Å². The number of aromatic nitrogens is 2. The lowest BCUT2D eigenvalue weighted by Gasteiger charge is -2.25. The molecule has 24 heavy (non-hydrogen) atoms. The zero-order valence-electron chi connectivity index (χ0n) is 12.2. The van der Waals surface area contributed by atoms with E-state index in [9.17, 15) is 9.59 Å². The Morgan fingerprint density at radius 3 is 2.92 bits per heavy atom. The van der Waals surface area contributed by atoms with Crippen LogP contribution >= 0.6 is 35.0 Å². The lowest BCUT2D eigenvalue weighted by Crippen LogP contribution is -2.31. The maximum Gasteiger partial charge on any atom is 0.257 e. The highest BCUT2D eigenvalue weighted by Gasteiger charge is 2.32. The third kappa shape index (κ3) is 3.16. The van der Waals surface area contributed by atoms with Crippen LogP contribution in [-0.4, -0.2) is 21.6 Å². The first kappa shape index (κ1) is 16.9. The van der Waals surface area contributed by atoms with Gasteiger partial charge in [-0.05, 0) is 11.6 Å². The minimum absolute atomic E-state index is 0.0919. The van der Waals surface area contributed by atoms with Crippen LogP contribution in [0.15, 0.2) is 28.2 Å². The molecule has 0 saturated carbocycles. The summed E-state index contributed by atoms with van der Waals surface area (Å²) in [5.41, 5.74) is 0.654. The second-order valence-corrected chi connectivity index (χ2v) is 6.82. The van der Waals surface area contributed by atoms with Crippen molar-refractivity contribution in [3.63, 3.8) is 0 Å². The van der Waals surface area contributed by atoms with Gasteiger partial charge in [0, 0.05) is 12.3 Å². The maximum atomic E-state index is 12.5. The molecule has 1 aromatic heterocycles. The van der Waals surface area contributed by atoms with Crippen molar-refractivity contribution in [1.29, 1.82) is 0 Å². The minimum atomic E-state index is -0.511. The van der Waals surface area contributed by atoms with Crippen LogP contribution in [0.5, 0.6) is 0 Å². The molecule has 1 unspecified atom stereocenters. The summed E-state index contributed by atoms with van der Waals surface area (Å²) in [7, 11) is 0. The fourth-order valence-electron chi connectivity index (χ4n) is 2.58. The van der Waals surface area contributed by atoms with Gasteiger partial charge in [-0.1, -0.05) is 53.0 Å². The fourth-order valence-corrected chi connectivity index (χ4v) is 3.56. The molecule has 2 N–H and O–H groups in total. The van der Waals surface area contributed by atoms with Crippen LogP contribution in [-0.2, 0) is 4.79 Å². The van der Waals surface area contributed by atoms with Gasteiger partial charge in [0.1, 0.15) is 5.82 Å². The van der Waals surface area contributed by atoms with Gasteiger partial charge in [0.15, 0.2) is 5.16 Å². The number of halogens is 2. The average molecular weight is 380 g/mol. The maximum absolute atomic E-state index is 12.5. The summed E-state index contributed by atoms with van der Waals surface area (Å²) < 4.78 is 0. The summed E-state index contributed by atoms with van der Waals surface area (Å²) in [4.78, 5) is 31.6. The van der Waals surface area contributed by atoms with Gasteiger partial charge in [0.2, 0.25) is 5.91 Å². The molecule has 1 aliphatic heterocycles. The van der Waals surface area contributed by atoms with E-state index in [-0.39, 0.29) is 23.7 Å². The smallest absolute Gasteiger partial charge is 0.257 e. The van der Waals surface area contributed by atoms with Crippen LogP contribution < -0.4 is 10.9 Å². The van der Waals surface area contributed by atoms with Crippen LogP contribution in [0.25, 0.3) is 0 Å². The Morgan fingerprint density at radius 2 is 2.17 bits per heavy atom. The first-order chi connectivity index (χ1) is 11.5. The van der Waals surface area contributed by atoms with Gasteiger partial charge in [0.25, 0.3) is 5.56 Å². The van der Waals surface area contributed by atoms with Crippen molar-refractivity contribution in [3.8, 4) is 12.3 Å². The number of carbonyl (C=O) groups excluding carboxylic acids is 1. The zero-order chi connectivity index (χ0) is 17.3. The number of rotatable bonds is 3. The van der Waals surface area contributed by atoms with Gasteiger partial charge in [-0.25, -0.2) is 4.98 Å². The van der Waals surface area contributed by atoms with E-state index in [1.54, 1.807) is 18.2 Å². The van der Waals surface area contributed by atoms with E-state index in [1.165, 1.54) is 11.8 Å². The van der Waals surface area contributed by atoms with Crippen molar-refractivity contribution in [2.45, 2.75) is 17.5 Å². The molecule has 122 valence electrons. The van der Waals surface area contributed by atoms with Crippen molar-refractivity contribution in [1.82, 2.24) is 9.97 Å². The van der Waals surface area contributed by atoms with Crippen LogP contribution in [0.4, 0.5) is 5.82 Å². The molecule has 0 radical (unpaired) electrons. The van der Waals surface area contributed by atoms with Crippen molar-refractivity contribution in [2.75, 3.05) is 11.1 Å². The topological polar surface area (TPSA) is 74.8 Å². The van der Waals surface area contributed by atoms with Gasteiger partial charge < -0.3 is 10.3 Å². The minimum Gasteiger partial charge on any atom is -0.310 e. The number of aromatic amines is 1. The molecule has 2 aromatic rings. The van der Waals surface area contributed by atoms with Crippen molar-refractivity contribution >= 4 is 46.7 Å². The molecular weight excluding hydrogens is 369 g/mol. The Balaban J connectivity index is 2.13. The SMILES string of the molecule is C#CCSc1nc2c(c(=O)[nH]1)C(c1cccc(Cl)c1Cl)CC(=O)N2. The Morgan fingerprint density at radius 1 is 1.38 bits per heavy atom. The Kier molecular flexibility index (Phi) is 4.86. The first-order valence-corrected chi connectivity index (χ1v) is 8.69. The molecule has 2 heterocycles. The van der Waals surface area contributed by atoms with E-state index in [2.05, 4.69) is 21.2 Å². The molecule has 5 nitrogen and oxygen atoms in total. The van der Waals surface area contributed by atoms with Gasteiger partial charge in [0.05, 0.1) is 21.4 Å². The summed E-state index contributed by atoms with van der Waals surface area (Å²) >= 11 is 13.5. The Labute approximate surface area is 152 Å². The molecule has 0 aliphatic carbocycles. The molecule has 0 saturated heterocycles. The number of nitrogens with one attached hydrogen (secondary N) is 2. The summed E-state index contributed by atoms with van der Waals surface area (Å²) in [5, 5.41) is 3.69. The van der Waals surface area contributed by atoms with E-state index in [0.717, 1.165) is 0 Å². The number of fused-ring (bicyclic) bond motifs is 1. The molecule has 0 fully saturated rings. The predicted octanol–water partition coefficient (Wildman–Crippen LogP) is 3.28. The van der Waals surface area contributed by atoms with E-state index < -0.39 is 5.92 Å². The van der Waals surface area contributed by atoms with E-state index in [0.29, 0.717) is 32.1 Å². The molecule has 1 amide bonds. The molecule has 0 spiro atoms. The molecule has 1 aromatic carbocycles. The third-order valence-electron chi connectivity index (χ3n) is 3.58. The van der Waals surface area contributed by atoms with Gasteiger partial charge in [-0.15, -0.1) is 6.42 Å². The van der Waals surface area contributed by atoms with E-state index >= 15 is 0 Å². The molecular formula is C16H11Cl2N3O2S. The fraction of sp³-hybridized carbons (Fsp3) is 0.188. The van der Waals surface area contributed by atoms with E-state index in [1.807, 2.05) is 0 Å². The number of H-pyrrole nitrogens is 1. The third-order valence-corrected chi connectivity index (χ3v) is 5.19. The highest BCUT2D eigenvalue weighted by Crippen LogP contribution is 2.39. The van der Waals surface area contributed by atoms with Crippen LogP contribution in [0.2, 0.25) is 10.0 Å². The Hall–Kier alpha value is -1.94. The number of thioether (sulfide) groups is 1. The number of terminal acetylenes is 1. The predicted molar refractivity (Wildman–Crippen MR) is 96.0 cm³/mol. The summed E-state index contributed by atoms with van der Waals surface area (Å²) in [6.07, 6.45) is 5.31.